The molecule has 2 aromatic carbocycles. The van der Waals surface area contributed by atoms with Gasteiger partial charge in [-0.3, -0.25) is 14.4 Å². The van der Waals surface area contributed by atoms with E-state index in [0.717, 1.165) is 29.4 Å². The van der Waals surface area contributed by atoms with Crippen molar-refractivity contribution in [2.45, 2.75) is 105 Å². The molecule has 0 saturated carbocycles. The summed E-state index contributed by atoms with van der Waals surface area (Å²) in [7, 11) is 0. The lowest BCUT2D eigenvalue weighted by atomic mass is 9.82. The topological polar surface area (TPSA) is 158 Å². The van der Waals surface area contributed by atoms with E-state index in [-0.39, 0.29) is 41.6 Å². The van der Waals surface area contributed by atoms with Gasteiger partial charge in [0.05, 0.1) is 17.3 Å². The Morgan fingerprint density at radius 1 is 1.04 bits per heavy atom. The van der Waals surface area contributed by atoms with Crippen LogP contribution < -0.4 is 15.8 Å². The second-order valence-electron chi connectivity index (χ2n) is 12.8. The summed E-state index contributed by atoms with van der Waals surface area (Å²) in [4.78, 5) is 55.5. The summed E-state index contributed by atoms with van der Waals surface area (Å²) in [5.41, 5.74) is 9.96. The van der Waals surface area contributed by atoms with Crippen LogP contribution >= 0.6 is 0 Å². The van der Waals surface area contributed by atoms with Crippen LogP contribution in [0.2, 0.25) is 0 Å². The van der Waals surface area contributed by atoms with Crippen LogP contribution in [-0.2, 0) is 36.8 Å². The van der Waals surface area contributed by atoms with Gasteiger partial charge in [0.25, 0.3) is 0 Å². The van der Waals surface area contributed by atoms with Gasteiger partial charge in [-0.1, -0.05) is 52.7 Å². The summed E-state index contributed by atoms with van der Waals surface area (Å²) in [5.74, 6) is -0.980. The van der Waals surface area contributed by atoms with E-state index in [0.29, 0.717) is 53.0 Å². The summed E-state index contributed by atoms with van der Waals surface area (Å²) < 4.78 is 11.5. The Hall–Kier alpha value is -4.67. The molecule has 3 atom stereocenters. The smallest absolute Gasteiger partial charge is 0.343 e. The van der Waals surface area contributed by atoms with Crippen molar-refractivity contribution >= 4 is 45.6 Å². The predicted octanol–water partition coefficient (Wildman–Crippen LogP) is 6.51. The fourth-order valence-electron chi connectivity index (χ4n) is 6.40. The number of aryl methyl sites for hydroxylation is 1. The lowest BCUT2D eigenvalue weighted by Gasteiger charge is -2.32. The average molecular weight is 684 g/mol. The highest BCUT2D eigenvalue weighted by atomic mass is 16.6. The van der Waals surface area contributed by atoms with Gasteiger partial charge < -0.3 is 25.6 Å². The zero-order valence-electron chi connectivity index (χ0n) is 30.1. The van der Waals surface area contributed by atoms with Crippen molar-refractivity contribution in [3.8, 4) is 5.75 Å². The first-order valence-electron chi connectivity index (χ1n) is 17.4. The van der Waals surface area contributed by atoms with E-state index in [2.05, 4.69) is 12.2 Å². The first kappa shape index (κ1) is 38.1. The molecule has 0 saturated heterocycles. The van der Waals surface area contributed by atoms with Crippen LogP contribution in [0, 0.1) is 0 Å². The molecule has 1 amide bonds. The monoisotopic (exact) mass is 683 g/mol. The number of Topliss-reactive ketones (excluding diaryl/α,β-unsaturated/α-hetero) is 2. The molecular weight excluding hydrogens is 634 g/mol. The Morgan fingerprint density at radius 3 is 2.30 bits per heavy atom. The molecule has 1 aromatic heterocycles. The Kier molecular flexibility index (Phi) is 12.5. The number of rotatable bonds is 15. The number of carbonyl (C=O) groups excluding carboxylic acids is 4. The number of aliphatic hydroxyl groups is 1. The Morgan fingerprint density at radius 2 is 1.72 bits per heavy atom. The van der Waals surface area contributed by atoms with E-state index in [1.807, 2.05) is 32.9 Å². The van der Waals surface area contributed by atoms with E-state index in [1.165, 1.54) is 13.8 Å². The maximum absolute atomic E-state index is 12.8. The molecule has 50 heavy (non-hydrogen) atoms. The van der Waals surface area contributed by atoms with Gasteiger partial charge >= 0.3 is 5.97 Å². The highest BCUT2D eigenvalue weighted by Crippen LogP contribution is 2.37. The molecule has 4 N–H and O–H groups in total. The molecule has 10 heteroatoms. The number of nitrogens with zero attached hydrogens (tertiary/aromatic N) is 1. The second-order valence-corrected chi connectivity index (χ2v) is 12.8. The highest BCUT2D eigenvalue weighted by Gasteiger charge is 2.44. The van der Waals surface area contributed by atoms with Gasteiger partial charge in [-0.15, -0.1) is 0 Å². The highest BCUT2D eigenvalue weighted by molar-refractivity contribution is 6.00. The van der Waals surface area contributed by atoms with Crippen molar-refractivity contribution < 1.29 is 33.8 Å². The number of benzene rings is 2. The van der Waals surface area contributed by atoms with Crippen molar-refractivity contribution in [1.29, 1.82) is 0 Å². The fourth-order valence-corrected chi connectivity index (χ4v) is 6.40. The third-order valence-electron chi connectivity index (χ3n) is 9.32. The molecule has 1 aliphatic heterocycles. The minimum Gasteiger partial charge on any atom is -0.478 e. The number of nitrogens with one attached hydrogen (secondary N) is 1. The summed E-state index contributed by atoms with van der Waals surface area (Å²) >= 11 is 0. The van der Waals surface area contributed by atoms with Gasteiger partial charge in [0, 0.05) is 22.2 Å². The lowest BCUT2D eigenvalue weighted by Crippen LogP contribution is -2.46. The fraction of sp³-hybridized carbons (Fsp3) is 0.425. The number of carbonyl (C=O) groups is 4. The molecule has 3 aromatic rings. The quantitative estimate of drug-likeness (QED) is 0.152. The van der Waals surface area contributed by atoms with Crippen molar-refractivity contribution in [2.24, 2.45) is 5.73 Å². The number of aromatic nitrogens is 1. The van der Waals surface area contributed by atoms with Crippen LogP contribution in [0.3, 0.4) is 0 Å². The largest absolute Gasteiger partial charge is 0.478 e. The molecule has 0 bridgehead atoms. The van der Waals surface area contributed by atoms with E-state index in [1.54, 1.807) is 43.3 Å². The van der Waals surface area contributed by atoms with Crippen LogP contribution in [0.15, 0.2) is 59.7 Å². The van der Waals surface area contributed by atoms with Crippen LogP contribution in [0.4, 0.5) is 5.69 Å². The number of allylic oxidation sites excluding steroid dienone is 1. The number of hydrogen-bond acceptors (Lipinski definition) is 9. The third kappa shape index (κ3) is 8.03. The molecule has 10 nitrogen and oxygen atoms in total. The maximum atomic E-state index is 12.8. The number of amides is 1. The number of anilines is 1. The van der Waals surface area contributed by atoms with Gasteiger partial charge in [-0.25, -0.2) is 9.78 Å². The number of nitrogens with two attached hydrogens (primary N) is 1. The standard InChI is InChI=1S/C40H49N3O7/c1-8-12-13-34(41)38(46)42-27-16-14-26(15-17-27)37(25(7)45)50-28-18-19-35-31(21-28)29(9-2)30(10-3)36(43-35)23(5)20-33-32(24(6)44)22-49-39(47)40(33,48)11-4/h14-21,34,37,48H,8-13,22,41H2,1-7H3,(H,42,46)/b23-20+/t34-,37?,40-/m0/s1. The minimum atomic E-state index is -1.94. The number of esters is 1. The molecule has 266 valence electrons. The maximum Gasteiger partial charge on any atom is 0.343 e. The van der Waals surface area contributed by atoms with E-state index in [9.17, 15) is 24.3 Å². The van der Waals surface area contributed by atoms with Crippen molar-refractivity contribution in [3.63, 3.8) is 0 Å². The Balaban J connectivity index is 1.69. The Bertz CT molecular complexity index is 1840. The number of hydrogen-bond donors (Lipinski definition) is 3. The minimum absolute atomic E-state index is 0.0479. The van der Waals surface area contributed by atoms with Crippen LogP contribution in [0.5, 0.6) is 5.75 Å². The van der Waals surface area contributed by atoms with Crippen LogP contribution in [0.1, 0.15) is 103 Å². The summed E-state index contributed by atoms with van der Waals surface area (Å²) in [6, 6.07) is 11.9. The first-order chi connectivity index (χ1) is 23.8. The van der Waals surface area contributed by atoms with Crippen molar-refractivity contribution in [3.05, 3.63) is 82.1 Å². The number of ketones is 2. The van der Waals surface area contributed by atoms with E-state index >= 15 is 0 Å². The number of pyridine rings is 1. The number of fused-ring (bicyclic) bond motifs is 1. The SMILES string of the molecule is CCCC[C@H](N)C(=O)Nc1ccc(C(Oc2ccc3nc(/C(C)=C/C4=C(C(C)=O)COC(=O)[C@]4(O)CC)c(CC)c(CC)c3c2)C(C)=O)cc1. The zero-order chi connectivity index (χ0) is 36.7. The summed E-state index contributed by atoms with van der Waals surface area (Å²) in [6.07, 6.45) is 4.65. The van der Waals surface area contributed by atoms with Crippen molar-refractivity contribution in [2.75, 3.05) is 11.9 Å². The van der Waals surface area contributed by atoms with Crippen LogP contribution in [0.25, 0.3) is 16.5 Å². The number of unbranched alkanes of at least 4 members (excludes halogenated alkanes) is 1. The zero-order valence-corrected chi connectivity index (χ0v) is 30.1. The molecular formula is C40H49N3O7. The van der Waals surface area contributed by atoms with Gasteiger partial charge in [0.1, 0.15) is 12.4 Å². The molecule has 0 spiro atoms. The van der Waals surface area contributed by atoms with Gasteiger partial charge in [0.2, 0.25) is 5.91 Å². The molecule has 0 radical (unpaired) electrons. The number of ether oxygens (including phenoxy) is 2. The Labute approximate surface area is 294 Å². The lowest BCUT2D eigenvalue weighted by molar-refractivity contribution is -0.163. The molecule has 4 rings (SSSR count). The van der Waals surface area contributed by atoms with Gasteiger partial charge in [-0.2, -0.15) is 0 Å². The molecule has 0 aliphatic carbocycles. The van der Waals surface area contributed by atoms with Gasteiger partial charge in [-0.05, 0) is 105 Å². The second kappa shape index (κ2) is 16.4. The summed E-state index contributed by atoms with van der Waals surface area (Å²) in [5, 5.41) is 15.1. The van der Waals surface area contributed by atoms with Crippen molar-refractivity contribution in [1.82, 2.24) is 4.98 Å². The summed E-state index contributed by atoms with van der Waals surface area (Å²) in [6.45, 7) is 12.4. The third-order valence-corrected chi connectivity index (χ3v) is 9.32. The first-order valence-corrected chi connectivity index (χ1v) is 17.4. The number of cyclic esters (lactones) is 1. The molecule has 1 aliphatic rings. The van der Waals surface area contributed by atoms with Gasteiger partial charge in [0.15, 0.2) is 23.3 Å². The predicted molar refractivity (Wildman–Crippen MR) is 195 cm³/mol. The molecule has 2 heterocycles. The normalized spacial score (nSPS) is 17.7. The average Bonchev–Trinajstić information content (AvgIpc) is 3.10. The van der Waals surface area contributed by atoms with E-state index in [4.69, 9.17) is 20.2 Å². The molecule has 1 unspecified atom stereocenters. The van der Waals surface area contributed by atoms with Crippen LogP contribution in [-0.4, -0.2) is 51.8 Å². The van der Waals surface area contributed by atoms with E-state index < -0.39 is 23.7 Å². The molecule has 0 fully saturated rings.